The summed E-state index contributed by atoms with van der Waals surface area (Å²) in [7, 11) is 0. The molecule has 0 spiro atoms. The van der Waals surface area contributed by atoms with Gasteiger partial charge in [-0.1, -0.05) is 65.4 Å². The first kappa shape index (κ1) is 21.1. The molecule has 9 rings (SSSR count). The van der Waals surface area contributed by atoms with Gasteiger partial charge in [-0.15, -0.1) is 54.1 Å². The van der Waals surface area contributed by atoms with Crippen LogP contribution >= 0.6 is 0 Å². The maximum absolute atomic E-state index is 13.6. The molecule has 0 saturated carbocycles. The molecular formula is C42H25FIrN4O-2. The molecule has 0 fully saturated rings. The van der Waals surface area contributed by atoms with Crippen molar-refractivity contribution < 1.29 is 44.0 Å². The number of rotatable bonds is 3. The number of nitriles is 1. The molecule has 0 amide bonds. The Kier molecular flexibility index (Phi) is 5.73. The Balaban J connectivity index is 0.000000255. The van der Waals surface area contributed by atoms with E-state index >= 15 is 0 Å². The van der Waals surface area contributed by atoms with E-state index in [9.17, 15) is 9.65 Å². The van der Waals surface area contributed by atoms with Crippen molar-refractivity contribution in [2.24, 2.45) is 0 Å². The Labute approximate surface area is 310 Å². The van der Waals surface area contributed by atoms with Gasteiger partial charge in [0.2, 0.25) is 0 Å². The van der Waals surface area contributed by atoms with Crippen molar-refractivity contribution in [3.8, 4) is 34.3 Å². The van der Waals surface area contributed by atoms with Crippen LogP contribution in [0.15, 0.2) is 138 Å². The van der Waals surface area contributed by atoms with Crippen molar-refractivity contribution in [3.63, 3.8) is 0 Å². The van der Waals surface area contributed by atoms with Crippen molar-refractivity contribution in [2.45, 2.75) is 6.85 Å². The van der Waals surface area contributed by atoms with E-state index in [1.54, 1.807) is 66.9 Å². The molecule has 0 bridgehead atoms. The van der Waals surface area contributed by atoms with Gasteiger partial charge in [0.15, 0.2) is 0 Å². The van der Waals surface area contributed by atoms with Crippen molar-refractivity contribution in [1.29, 1.82) is 5.26 Å². The third kappa shape index (κ3) is 5.58. The first-order valence-corrected chi connectivity index (χ1v) is 14.5. The van der Waals surface area contributed by atoms with Gasteiger partial charge in [0.05, 0.1) is 33.1 Å². The average molecular weight is 824 g/mol. The van der Waals surface area contributed by atoms with Crippen molar-refractivity contribution in [2.75, 3.05) is 0 Å². The van der Waals surface area contributed by atoms with Crippen LogP contribution in [0.3, 0.4) is 0 Å². The van der Waals surface area contributed by atoms with Crippen molar-refractivity contribution >= 4 is 43.7 Å². The molecule has 237 valence electrons. The van der Waals surface area contributed by atoms with E-state index < -0.39 is 61.0 Å². The summed E-state index contributed by atoms with van der Waals surface area (Å²) < 4.78 is 111. The number of hydrogen-bond acceptors (Lipinski definition) is 4. The van der Waals surface area contributed by atoms with Crippen LogP contribution in [-0.4, -0.2) is 14.5 Å². The van der Waals surface area contributed by atoms with Gasteiger partial charge in [0.25, 0.3) is 0 Å². The molecule has 5 nitrogen and oxygen atoms in total. The number of nitrogens with zero attached hydrogens (tertiary/aromatic N) is 4. The summed E-state index contributed by atoms with van der Waals surface area (Å²) >= 11 is 0. The predicted octanol–water partition coefficient (Wildman–Crippen LogP) is 10.4. The van der Waals surface area contributed by atoms with E-state index in [1.165, 1.54) is 4.57 Å². The third-order valence-corrected chi connectivity index (χ3v) is 7.71. The molecule has 0 aliphatic rings. The predicted molar refractivity (Wildman–Crippen MR) is 188 cm³/mol. The average Bonchev–Trinajstić information content (AvgIpc) is 3.80. The van der Waals surface area contributed by atoms with Crippen LogP contribution in [0.25, 0.3) is 71.9 Å². The SMILES string of the molecule is [2H]C([2H])([2H])c1cnc(-c2[c-]cccc2)cc1F.[2H]c1c([2H])c([2H])c2c(c1[2H])c1c([2H])c([2H])c([2H])c([2H])c1n2-c1c(C#N)ccc2c1oc1c(-c3ccccn3)[c-]ccc12.[Ir]. The number of halogens is 1. The molecule has 1 radical (unpaired) electrons. The number of furan rings is 1. The molecule has 0 unspecified atom stereocenters. The van der Waals surface area contributed by atoms with Crippen LogP contribution in [-0.2, 0) is 20.1 Å². The Bertz CT molecular complexity index is 3140. The van der Waals surface area contributed by atoms with E-state index in [2.05, 4.69) is 28.2 Å². The Morgan fingerprint density at radius 2 is 1.57 bits per heavy atom. The summed E-state index contributed by atoms with van der Waals surface area (Å²) in [6.45, 7) is -2.48. The minimum Gasteiger partial charge on any atom is -0.498 e. The van der Waals surface area contributed by atoms with Gasteiger partial charge in [-0.3, -0.25) is 0 Å². The quantitative estimate of drug-likeness (QED) is 0.167. The standard InChI is InChI=1S/C30H16N3O.C12H9FN.Ir/c31-18-19-15-16-23-22-10-7-11-24(25-12-5-6-17-32-25)29(22)34-30(23)28(19)33-26-13-3-1-8-20(26)21-9-2-4-14-27(21)33;1-9-8-14-12(7-11(9)13)10-5-3-2-4-6-10;/h1-10,12-17H;2-5,7-8H,1H3;/q2*-1;/i1D,2D,3D,4D,8D,9D,13D,14D;1D3;. The maximum Gasteiger partial charge on any atom is 0.146 e. The molecular weight excluding hydrogens is 788 g/mol. The zero-order valence-electron chi connectivity index (χ0n) is 36.0. The summed E-state index contributed by atoms with van der Waals surface area (Å²) in [6, 6.07) is 24.5. The van der Waals surface area contributed by atoms with Crippen LogP contribution in [0, 0.1) is 36.1 Å². The first-order chi connectivity index (χ1) is 28.1. The molecule has 4 heterocycles. The molecule has 49 heavy (non-hydrogen) atoms. The van der Waals surface area contributed by atoms with E-state index in [0.717, 1.165) is 12.3 Å². The Hall–Kier alpha value is -5.93. The van der Waals surface area contributed by atoms with Gasteiger partial charge in [-0.05, 0) is 48.5 Å². The van der Waals surface area contributed by atoms with Gasteiger partial charge < -0.3 is 19.0 Å². The normalized spacial score (nSPS) is 14.3. The van der Waals surface area contributed by atoms with Gasteiger partial charge in [0, 0.05) is 58.3 Å². The largest absolute Gasteiger partial charge is 0.498 e. The number of aryl methyl sites for hydroxylation is 1. The van der Waals surface area contributed by atoms with Crippen LogP contribution in [0.4, 0.5) is 4.39 Å². The molecule has 5 aromatic carbocycles. The Morgan fingerprint density at radius 1 is 0.816 bits per heavy atom. The molecule has 9 aromatic rings. The van der Waals surface area contributed by atoms with Crippen molar-refractivity contribution in [3.05, 3.63) is 163 Å². The van der Waals surface area contributed by atoms with Crippen LogP contribution < -0.4 is 0 Å². The fourth-order valence-corrected chi connectivity index (χ4v) is 5.58. The van der Waals surface area contributed by atoms with Crippen LogP contribution in [0.2, 0.25) is 0 Å². The second-order valence-corrected chi connectivity index (χ2v) is 10.5. The number of aromatic nitrogens is 3. The van der Waals surface area contributed by atoms with Crippen molar-refractivity contribution in [1.82, 2.24) is 14.5 Å². The molecule has 0 aliphatic carbocycles. The fourth-order valence-electron chi connectivity index (χ4n) is 5.58. The topological polar surface area (TPSA) is 67.6 Å². The van der Waals surface area contributed by atoms with Gasteiger partial charge in [-0.2, -0.15) is 5.26 Å². The molecule has 4 aromatic heterocycles. The molecule has 0 aliphatic heterocycles. The van der Waals surface area contributed by atoms with Gasteiger partial charge >= 0.3 is 0 Å². The van der Waals surface area contributed by atoms with Gasteiger partial charge in [0.1, 0.15) is 23.2 Å². The minimum atomic E-state index is -2.48. The molecule has 0 N–H and O–H groups in total. The number of hydrogen-bond donors (Lipinski definition) is 0. The second-order valence-electron chi connectivity index (χ2n) is 10.5. The molecule has 0 atom stereocenters. The van der Waals surface area contributed by atoms with E-state index in [0.29, 0.717) is 38.9 Å². The zero-order valence-corrected chi connectivity index (χ0v) is 27.4. The zero-order chi connectivity index (χ0) is 42.1. The smallest absolute Gasteiger partial charge is 0.146 e. The van der Waals surface area contributed by atoms with Crippen LogP contribution in [0.5, 0.6) is 0 Å². The van der Waals surface area contributed by atoms with Gasteiger partial charge in [-0.25, -0.2) is 4.39 Å². The molecule has 0 saturated heterocycles. The summed E-state index contributed by atoms with van der Waals surface area (Å²) in [5.74, 6) is -0.771. The summed E-state index contributed by atoms with van der Waals surface area (Å²) in [5, 5.41) is 11.4. The number of benzene rings is 5. The molecule has 7 heteroatoms. The monoisotopic (exact) mass is 824 g/mol. The third-order valence-electron chi connectivity index (χ3n) is 7.71. The van der Waals surface area contributed by atoms with Crippen LogP contribution in [0.1, 0.15) is 26.2 Å². The minimum absolute atomic E-state index is 0. The number of para-hydroxylation sites is 2. The number of fused-ring (bicyclic) bond motifs is 6. The second kappa shape index (κ2) is 13.3. The maximum atomic E-state index is 13.6. The van der Waals surface area contributed by atoms with E-state index in [4.69, 9.17) is 19.5 Å². The first-order valence-electron chi connectivity index (χ1n) is 20.0. The van der Waals surface area contributed by atoms with E-state index in [1.807, 2.05) is 6.07 Å². The number of pyridine rings is 2. The fraction of sp³-hybridized carbons (Fsp3) is 0.0238. The summed E-state index contributed by atoms with van der Waals surface area (Å²) in [5.41, 5.74) is 2.40. The van der Waals surface area contributed by atoms with E-state index in [-0.39, 0.29) is 64.3 Å². The Morgan fingerprint density at radius 3 is 2.24 bits per heavy atom. The summed E-state index contributed by atoms with van der Waals surface area (Å²) in [4.78, 5) is 8.36. The summed E-state index contributed by atoms with van der Waals surface area (Å²) in [6.07, 6.45) is 2.70.